The van der Waals surface area contributed by atoms with E-state index in [4.69, 9.17) is 4.52 Å². The Morgan fingerprint density at radius 2 is 2.10 bits per heavy atom. The van der Waals surface area contributed by atoms with E-state index in [0.29, 0.717) is 29.0 Å². The quantitative estimate of drug-likeness (QED) is 0.559. The van der Waals surface area contributed by atoms with Gasteiger partial charge in [-0.2, -0.15) is 4.98 Å². The number of nitrogens with zero attached hydrogens (tertiary/aromatic N) is 4. The molecule has 0 bridgehead atoms. The second-order valence-electron chi connectivity index (χ2n) is 7.79. The summed E-state index contributed by atoms with van der Waals surface area (Å²) >= 11 is 0. The lowest BCUT2D eigenvalue weighted by Crippen LogP contribution is -2.19. The van der Waals surface area contributed by atoms with Crippen LogP contribution in [0.25, 0.3) is 17.0 Å². The van der Waals surface area contributed by atoms with Gasteiger partial charge in [0.25, 0.3) is 5.91 Å². The number of imidazole rings is 1. The number of aryl methyl sites for hydroxylation is 1. The number of anilines is 1. The Morgan fingerprint density at radius 1 is 1.24 bits per heavy atom. The predicted molar refractivity (Wildman–Crippen MR) is 109 cm³/mol. The molecule has 0 atom stereocenters. The van der Waals surface area contributed by atoms with Crippen LogP contribution in [0.2, 0.25) is 0 Å². The Labute approximate surface area is 167 Å². The van der Waals surface area contributed by atoms with E-state index in [1.807, 2.05) is 49.5 Å². The molecule has 1 N–H and O–H groups in total. The number of benzene rings is 1. The van der Waals surface area contributed by atoms with Gasteiger partial charge in [-0.05, 0) is 49.4 Å². The van der Waals surface area contributed by atoms with Crippen LogP contribution in [-0.4, -0.2) is 25.4 Å². The van der Waals surface area contributed by atoms with Gasteiger partial charge in [0.15, 0.2) is 0 Å². The van der Waals surface area contributed by atoms with Crippen molar-refractivity contribution in [2.45, 2.75) is 32.6 Å². The summed E-state index contributed by atoms with van der Waals surface area (Å²) in [6, 6.07) is 11.4. The van der Waals surface area contributed by atoms with Crippen LogP contribution in [0.3, 0.4) is 0 Å². The molecule has 3 aromatic heterocycles. The van der Waals surface area contributed by atoms with E-state index in [-0.39, 0.29) is 5.91 Å². The number of rotatable bonds is 4. The third-order valence-electron chi connectivity index (χ3n) is 5.56. The Morgan fingerprint density at radius 3 is 2.93 bits per heavy atom. The van der Waals surface area contributed by atoms with Crippen molar-refractivity contribution in [1.29, 1.82) is 0 Å². The molecule has 1 aliphatic rings. The highest BCUT2D eigenvalue weighted by Gasteiger charge is 2.31. The minimum absolute atomic E-state index is 0.221. The van der Waals surface area contributed by atoms with E-state index in [0.717, 1.165) is 35.5 Å². The van der Waals surface area contributed by atoms with E-state index in [1.54, 1.807) is 10.6 Å². The van der Waals surface area contributed by atoms with Crippen LogP contribution < -0.4 is 5.32 Å². The fraction of sp³-hybridized carbons (Fsp3) is 0.273. The summed E-state index contributed by atoms with van der Waals surface area (Å²) in [4.78, 5) is 21.7. The maximum Gasteiger partial charge on any atom is 0.274 e. The highest BCUT2D eigenvalue weighted by Crippen LogP contribution is 2.40. The van der Waals surface area contributed by atoms with Crippen molar-refractivity contribution in [3.63, 3.8) is 0 Å². The number of pyridine rings is 1. The highest BCUT2D eigenvalue weighted by molar-refractivity contribution is 6.04. The normalized spacial score (nSPS) is 18.6. The lowest BCUT2D eigenvalue weighted by molar-refractivity contribution is 0.102. The first-order valence-electron chi connectivity index (χ1n) is 9.76. The summed E-state index contributed by atoms with van der Waals surface area (Å²) in [6.45, 7) is 4.18. The predicted octanol–water partition coefficient (Wildman–Crippen LogP) is 4.46. The van der Waals surface area contributed by atoms with E-state index in [9.17, 15) is 4.79 Å². The Hall–Kier alpha value is -3.48. The van der Waals surface area contributed by atoms with Crippen LogP contribution in [0.4, 0.5) is 5.69 Å². The van der Waals surface area contributed by atoms with Crippen molar-refractivity contribution in [2.75, 3.05) is 5.32 Å². The smallest absolute Gasteiger partial charge is 0.274 e. The number of hydrogen-bond acceptors (Lipinski definition) is 5. The first-order chi connectivity index (χ1) is 14.1. The summed E-state index contributed by atoms with van der Waals surface area (Å²) in [5.41, 5.74) is 3.68. The Bertz CT molecular complexity index is 1200. The molecule has 1 saturated carbocycles. The summed E-state index contributed by atoms with van der Waals surface area (Å²) in [5, 5.41) is 7.13. The number of fused-ring (bicyclic) bond motifs is 1. The molecule has 3 heterocycles. The SMILES string of the molecule is Cc1ccc(-c2noc(C3CC(C)C3)n2)cc1NC(=O)c1cnc2ccccn12. The van der Waals surface area contributed by atoms with Gasteiger partial charge in [-0.15, -0.1) is 0 Å². The maximum atomic E-state index is 12.8. The number of carbonyl (C=O) groups excluding carboxylic acids is 1. The third-order valence-corrected chi connectivity index (χ3v) is 5.56. The molecule has 1 aromatic carbocycles. The molecule has 7 heteroatoms. The van der Waals surface area contributed by atoms with Gasteiger partial charge in [0, 0.05) is 23.4 Å². The average Bonchev–Trinajstić information content (AvgIpc) is 3.34. The van der Waals surface area contributed by atoms with Crippen molar-refractivity contribution in [2.24, 2.45) is 5.92 Å². The molecular weight excluding hydrogens is 366 g/mol. The molecule has 0 spiro atoms. The molecule has 0 aliphatic heterocycles. The molecule has 1 aliphatic carbocycles. The molecule has 1 fully saturated rings. The second kappa shape index (κ2) is 6.84. The summed E-state index contributed by atoms with van der Waals surface area (Å²) < 4.78 is 7.23. The fourth-order valence-electron chi connectivity index (χ4n) is 3.80. The molecular formula is C22H21N5O2. The maximum absolute atomic E-state index is 12.8. The van der Waals surface area contributed by atoms with Crippen molar-refractivity contribution >= 4 is 17.2 Å². The zero-order valence-electron chi connectivity index (χ0n) is 16.3. The number of hydrogen-bond donors (Lipinski definition) is 1. The highest BCUT2D eigenvalue weighted by atomic mass is 16.5. The molecule has 7 nitrogen and oxygen atoms in total. The number of carbonyl (C=O) groups is 1. The molecule has 29 heavy (non-hydrogen) atoms. The van der Waals surface area contributed by atoms with Crippen LogP contribution in [0.5, 0.6) is 0 Å². The van der Waals surface area contributed by atoms with Gasteiger partial charge in [0.05, 0.1) is 6.20 Å². The van der Waals surface area contributed by atoms with Crippen LogP contribution in [0.1, 0.15) is 47.6 Å². The standard InChI is InChI=1S/C22H21N5O2/c1-13-9-16(10-13)22-25-20(26-29-22)15-7-6-14(2)17(11-15)24-21(28)18-12-23-19-5-3-4-8-27(18)19/h3-8,11-13,16H,9-10H2,1-2H3,(H,24,28). The summed E-state index contributed by atoms with van der Waals surface area (Å²) in [6.07, 6.45) is 5.59. The average molecular weight is 387 g/mol. The fourth-order valence-corrected chi connectivity index (χ4v) is 3.80. The lowest BCUT2D eigenvalue weighted by atomic mass is 9.76. The van der Waals surface area contributed by atoms with Crippen LogP contribution in [-0.2, 0) is 0 Å². The zero-order valence-corrected chi connectivity index (χ0v) is 16.3. The number of nitrogens with one attached hydrogen (secondary N) is 1. The van der Waals surface area contributed by atoms with Crippen molar-refractivity contribution in [1.82, 2.24) is 19.5 Å². The van der Waals surface area contributed by atoms with Crippen molar-refractivity contribution < 1.29 is 9.32 Å². The van der Waals surface area contributed by atoms with Crippen LogP contribution in [0, 0.1) is 12.8 Å². The summed E-state index contributed by atoms with van der Waals surface area (Å²) in [7, 11) is 0. The van der Waals surface area contributed by atoms with Gasteiger partial charge in [-0.1, -0.05) is 30.3 Å². The van der Waals surface area contributed by atoms with Gasteiger partial charge >= 0.3 is 0 Å². The molecule has 4 aromatic rings. The molecule has 0 radical (unpaired) electrons. The van der Waals surface area contributed by atoms with E-state index in [1.165, 1.54) is 0 Å². The molecule has 0 saturated heterocycles. The largest absolute Gasteiger partial charge is 0.339 e. The lowest BCUT2D eigenvalue weighted by Gasteiger charge is -2.29. The van der Waals surface area contributed by atoms with Gasteiger partial charge < -0.3 is 9.84 Å². The van der Waals surface area contributed by atoms with E-state index in [2.05, 4.69) is 27.4 Å². The second-order valence-corrected chi connectivity index (χ2v) is 7.79. The van der Waals surface area contributed by atoms with Crippen LogP contribution in [0.15, 0.2) is 53.3 Å². The molecule has 1 amide bonds. The molecule has 5 rings (SSSR count). The Balaban J connectivity index is 1.40. The van der Waals surface area contributed by atoms with Gasteiger partial charge in [0.1, 0.15) is 11.3 Å². The number of aromatic nitrogens is 4. The zero-order chi connectivity index (χ0) is 20.0. The van der Waals surface area contributed by atoms with Crippen molar-refractivity contribution in [3.05, 3.63) is 65.9 Å². The molecule has 0 unspecified atom stereocenters. The first kappa shape index (κ1) is 17.6. The van der Waals surface area contributed by atoms with E-state index >= 15 is 0 Å². The minimum atomic E-state index is -0.221. The molecule has 146 valence electrons. The number of amides is 1. The monoisotopic (exact) mass is 387 g/mol. The van der Waals surface area contributed by atoms with E-state index < -0.39 is 0 Å². The summed E-state index contributed by atoms with van der Waals surface area (Å²) in [5.74, 6) is 2.11. The third kappa shape index (κ3) is 3.18. The van der Waals surface area contributed by atoms with Crippen molar-refractivity contribution in [3.8, 4) is 11.4 Å². The van der Waals surface area contributed by atoms with Crippen LogP contribution >= 0.6 is 0 Å². The van der Waals surface area contributed by atoms with Gasteiger partial charge in [-0.3, -0.25) is 9.20 Å². The Kier molecular flexibility index (Phi) is 4.16. The van der Waals surface area contributed by atoms with Gasteiger partial charge in [-0.25, -0.2) is 4.98 Å². The van der Waals surface area contributed by atoms with Gasteiger partial charge in [0.2, 0.25) is 11.7 Å². The topological polar surface area (TPSA) is 85.3 Å². The first-order valence-corrected chi connectivity index (χ1v) is 9.76. The minimum Gasteiger partial charge on any atom is -0.339 e.